The molecule has 2 fully saturated rings. The summed E-state index contributed by atoms with van der Waals surface area (Å²) in [7, 11) is 0. The van der Waals surface area contributed by atoms with Crippen LogP contribution >= 0.6 is 0 Å². The number of nitrogens with one attached hydrogen (secondary N) is 2. The van der Waals surface area contributed by atoms with E-state index in [0.717, 1.165) is 29.4 Å². The van der Waals surface area contributed by atoms with Crippen molar-refractivity contribution in [2.24, 2.45) is 5.92 Å². The number of carbonyl (C=O) groups is 2. The topological polar surface area (TPSA) is 78.1 Å². The number of amides is 2. The average molecular weight is 340 g/mol. The van der Waals surface area contributed by atoms with E-state index in [9.17, 15) is 9.59 Å². The number of hydrogen-bond donors (Lipinski definition) is 2. The van der Waals surface area contributed by atoms with Gasteiger partial charge in [-0.05, 0) is 37.8 Å². The molecule has 1 aliphatic heterocycles. The fourth-order valence-electron chi connectivity index (χ4n) is 4.11. The summed E-state index contributed by atoms with van der Waals surface area (Å²) in [6.07, 6.45) is 5.60. The van der Waals surface area contributed by atoms with Crippen molar-refractivity contribution in [3.05, 3.63) is 23.8 Å². The summed E-state index contributed by atoms with van der Waals surface area (Å²) < 4.78 is 0. The molecular weight excluding hydrogens is 316 g/mol. The molecule has 1 unspecified atom stereocenters. The minimum Gasteiger partial charge on any atom is -0.339 e. The van der Waals surface area contributed by atoms with Crippen LogP contribution < -0.4 is 5.32 Å². The van der Waals surface area contributed by atoms with Gasteiger partial charge in [-0.15, -0.1) is 0 Å². The third-order valence-corrected chi connectivity index (χ3v) is 5.54. The number of carbonyl (C=O) groups excluding carboxylic acids is 2. The lowest BCUT2D eigenvalue weighted by molar-refractivity contribution is -0.139. The molecule has 6 nitrogen and oxygen atoms in total. The highest BCUT2D eigenvalue weighted by molar-refractivity contribution is 5.94. The Morgan fingerprint density at radius 2 is 2.08 bits per heavy atom. The van der Waals surface area contributed by atoms with Crippen LogP contribution in [0, 0.1) is 12.8 Å². The van der Waals surface area contributed by atoms with Crippen LogP contribution in [0.15, 0.2) is 18.2 Å². The Kier molecular flexibility index (Phi) is 4.19. The lowest BCUT2D eigenvalue weighted by Crippen LogP contribution is -2.48. The summed E-state index contributed by atoms with van der Waals surface area (Å²) in [5.74, 6) is 0.480. The molecule has 2 aliphatic rings. The van der Waals surface area contributed by atoms with Crippen LogP contribution in [0.5, 0.6) is 0 Å². The second-order valence-electron chi connectivity index (χ2n) is 7.27. The van der Waals surface area contributed by atoms with Crippen molar-refractivity contribution in [3.63, 3.8) is 0 Å². The van der Waals surface area contributed by atoms with Gasteiger partial charge in [-0.3, -0.25) is 14.9 Å². The molecule has 1 aromatic heterocycles. The van der Waals surface area contributed by atoms with Crippen molar-refractivity contribution in [1.82, 2.24) is 14.9 Å². The van der Waals surface area contributed by atoms with E-state index >= 15 is 0 Å². The fraction of sp³-hybridized carbons (Fsp3) is 0.526. The van der Waals surface area contributed by atoms with Crippen LogP contribution in [0.3, 0.4) is 0 Å². The Balaban J connectivity index is 1.46. The van der Waals surface area contributed by atoms with E-state index in [0.29, 0.717) is 31.4 Å². The number of rotatable bonds is 3. The van der Waals surface area contributed by atoms with Crippen LogP contribution in [0.1, 0.15) is 44.1 Å². The van der Waals surface area contributed by atoms with Crippen molar-refractivity contribution < 1.29 is 9.59 Å². The Morgan fingerprint density at radius 3 is 2.84 bits per heavy atom. The zero-order chi connectivity index (χ0) is 17.4. The standard InChI is InChI=1S/C19H24N4O2/c1-12-5-4-8-15-17(12)21-19(20-15)22-18(25)13-9-10-16(24)23(11-13)14-6-2-3-7-14/h4-5,8,13-14H,2-3,6-7,9-11H2,1H3,(H2,20,21,22,25). The molecule has 1 aliphatic carbocycles. The molecule has 4 rings (SSSR count). The number of likely N-dealkylation sites (tertiary alicyclic amines) is 1. The first-order valence-corrected chi connectivity index (χ1v) is 9.17. The molecule has 0 bridgehead atoms. The van der Waals surface area contributed by atoms with Gasteiger partial charge in [0.2, 0.25) is 17.8 Å². The number of benzene rings is 1. The molecule has 132 valence electrons. The number of para-hydroxylation sites is 1. The third-order valence-electron chi connectivity index (χ3n) is 5.54. The summed E-state index contributed by atoms with van der Waals surface area (Å²) >= 11 is 0. The molecule has 2 heterocycles. The number of aromatic amines is 1. The van der Waals surface area contributed by atoms with E-state index < -0.39 is 0 Å². The second-order valence-corrected chi connectivity index (χ2v) is 7.27. The van der Waals surface area contributed by atoms with Gasteiger partial charge < -0.3 is 9.88 Å². The van der Waals surface area contributed by atoms with Gasteiger partial charge in [-0.2, -0.15) is 0 Å². The molecule has 1 saturated heterocycles. The SMILES string of the molecule is Cc1cccc2[nH]c(NC(=O)C3CCC(=O)N(C4CCCC4)C3)nc12. The highest BCUT2D eigenvalue weighted by atomic mass is 16.2. The number of aromatic nitrogens is 2. The number of imidazole rings is 1. The number of piperidine rings is 1. The Labute approximate surface area is 147 Å². The van der Waals surface area contributed by atoms with Gasteiger partial charge in [-0.25, -0.2) is 4.98 Å². The summed E-state index contributed by atoms with van der Waals surface area (Å²) in [5, 5.41) is 2.91. The molecule has 6 heteroatoms. The normalized spacial score (nSPS) is 21.9. The van der Waals surface area contributed by atoms with Crippen molar-refractivity contribution in [2.75, 3.05) is 11.9 Å². The van der Waals surface area contributed by atoms with Gasteiger partial charge in [0.25, 0.3) is 0 Å². The third kappa shape index (κ3) is 3.13. The van der Waals surface area contributed by atoms with Crippen molar-refractivity contribution in [2.45, 2.75) is 51.5 Å². The Bertz CT molecular complexity index is 807. The lowest BCUT2D eigenvalue weighted by Gasteiger charge is -2.36. The van der Waals surface area contributed by atoms with Crippen molar-refractivity contribution in [1.29, 1.82) is 0 Å². The molecule has 2 aromatic rings. The lowest BCUT2D eigenvalue weighted by atomic mass is 9.95. The predicted octanol–water partition coefficient (Wildman–Crippen LogP) is 2.99. The van der Waals surface area contributed by atoms with E-state index in [4.69, 9.17) is 0 Å². The van der Waals surface area contributed by atoms with Gasteiger partial charge in [0.05, 0.1) is 17.0 Å². The second kappa shape index (κ2) is 6.50. The molecule has 2 N–H and O–H groups in total. The number of aryl methyl sites for hydroxylation is 1. The number of fused-ring (bicyclic) bond motifs is 1. The Hall–Kier alpha value is -2.37. The smallest absolute Gasteiger partial charge is 0.231 e. The summed E-state index contributed by atoms with van der Waals surface area (Å²) in [5.41, 5.74) is 2.87. The van der Waals surface area contributed by atoms with Crippen molar-refractivity contribution in [3.8, 4) is 0 Å². The predicted molar refractivity (Wildman–Crippen MR) is 96.2 cm³/mol. The van der Waals surface area contributed by atoms with E-state index in [2.05, 4.69) is 15.3 Å². The van der Waals surface area contributed by atoms with Gasteiger partial charge >= 0.3 is 0 Å². The van der Waals surface area contributed by atoms with Crippen LogP contribution in [-0.4, -0.2) is 39.3 Å². The van der Waals surface area contributed by atoms with Crippen molar-refractivity contribution >= 4 is 28.8 Å². The molecule has 1 atom stereocenters. The summed E-state index contributed by atoms with van der Waals surface area (Å²) in [4.78, 5) is 34.5. The first kappa shape index (κ1) is 16.1. The zero-order valence-corrected chi connectivity index (χ0v) is 14.5. The zero-order valence-electron chi connectivity index (χ0n) is 14.5. The molecular formula is C19H24N4O2. The van der Waals surface area contributed by atoms with Crippen LogP contribution in [0.2, 0.25) is 0 Å². The number of H-pyrrole nitrogens is 1. The molecule has 0 spiro atoms. The number of hydrogen-bond acceptors (Lipinski definition) is 3. The van der Waals surface area contributed by atoms with E-state index in [1.807, 2.05) is 30.0 Å². The largest absolute Gasteiger partial charge is 0.339 e. The fourth-order valence-corrected chi connectivity index (χ4v) is 4.11. The highest BCUT2D eigenvalue weighted by Gasteiger charge is 2.35. The van der Waals surface area contributed by atoms with Gasteiger partial charge in [0.1, 0.15) is 0 Å². The molecule has 0 radical (unpaired) electrons. The molecule has 25 heavy (non-hydrogen) atoms. The van der Waals surface area contributed by atoms with Gasteiger partial charge in [0, 0.05) is 19.0 Å². The quantitative estimate of drug-likeness (QED) is 0.901. The highest BCUT2D eigenvalue weighted by Crippen LogP contribution is 2.29. The minimum absolute atomic E-state index is 0.0489. The maximum atomic E-state index is 12.7. The van der Waals surface area contributed by atoms with E-state index in [1.54, 1.807) is 0 Å². The summed E-state index contributed by atoms with van der Waals surface area (Å²) in [6.45, 7) is 2.54. The van der Waals surface area contributed by atoms with E-state index in [1.165, 1.54) is 12.8 Å². The van der Waals surface area contributed by atoms with Crippen LogP contribution in [0.25, 0.3) is 11.0 Å². The average Bonchev–Trinajstić information content (AvgIpc) is 3.25. The Morgan fingerprint density at radius 1 is 1.28 bits per heavy atom. The molecule has 1 aromatic carbocycles. The summed E-state index contributed by atoms with van der Waals surface area (Å²) in [6, 6.07) is 6.25. The molecule has 2 amide bonds. The first-order valence-electron chi connectivity index (χ1n) is 9.17. The van der Waals surface area contributed by atoms with Gasteiger partial charge in [0.15, 0.2) is 0 Å². The number of anilines is 1. The van der Waals surface area contributed by atoms with E-state index in [-0.39, 0.29) is 17.7 Å². The minimum atomic E-state index is -0.160. The van der Waals surface area contributed by atoms with Gasteiger partial charge in [-0.1, -0.05) is 25.0 Å². The van der Waals surface area contributed by atoms with Crippen LogP contribution in [-0.2, 0) is 9.59 Å². The first-order chi connectivity index (χ1) is 12.1. The number of nitrogens with zero attached hydrogens (tertiary/aromatic N) is 2. The maximum Gasteiger partial charge on any atom is 0.231 e. The van der Waals surface area contributed by atoms with Crippen LogP contribution in [0.4, 0.5) is 5.95 Å². The maximum absolute atomic E-state index is 12.7. The molecule has 1 saturated carbocycles. The monoisotopic (exact) mass is 340 g/mol.